The number of likely N-dealkylation sites (N-methyl/N-ethyl adjacent to an activating group) is 1. The van der Waals surface area contributed by atoms with Gasteiger partial charge in [-0.2, -0.15) is 13.2 Å². The van der Waals surface area contributed by atoms with Crippen molar-refractivity contribution in [2.24, 2.45) is 0 Å². The molecule has 1 N–H and O–H groups in total. The van der Waals surface area contributed by atoms with Gasteiger partial charge >= 0.3 is 6.18 Å². The molecular formula is C14H17F3N4O4. The Morgan fingerprint density at radius 1 is 1.24 bits per heavy atom. The molecule has 1 aliphatic rings. The first kappa shape index (κ1) is 18.9. The number of halogens is 3. The second-order valence-corrected chi connectivity index (χ2v) is 5.71. The molecule has 138 valence electrons. The lowest BCUT2D eigenvalue weighted by molar-refractivity contribution is -0.392. The first-order valence-corrected chi connectivity index (χ1v) is 7.67. The van der Waals surface area contributed by atoms with E-state index >= 15 is 0 Å². The van der Waals surface area contributed by atoms with Gasteiger partial charge in [-0.3, -0.25) is 25.1 Å². The smallest absolute Gasteiger partial charge is 0.372 e. The Labute approximate surface area is 140 Å². The van der Waals surface area contributed by atoms with Crippen LogP contribution in [0.25, 0.3) is 0 Å². The summed E-state index contributed by atoms with van der Waals surface area (Å²) in [4.78, 5) is 22.3. The molecule has 25 heavy (non-hydrogen) atoms. The maximum atomic E-state index is 12.9. The number of hydrogen-bond acceptors (Lipinski definition) is 6. The summed E-state index contributed by atoms with van der Waals surface area (Å²) in [6, 6.07) is 0.662. The fourth-order valence-corrected chi connectivity index (χ4v) is 3.01. The van der Waals surface area contributed by atoms with Crippen molar-refractivity contribution in [1.29, 1.82) is 0 Å². The van der Waals surface area contributed by atoms with Crippen molar-refractivity contribution in [3.63, 3.8) is 0 Å². The Hall–Kier alpha value is -2.43. The van der Waals surface area contributed by atoms with Crippen LogP contribution in [0.1, 0.15) is 25.3 Å². The van der Waals surface area contributed by atoms with Crippen LogP contribution in [0.4, 0.5) is 30.2 Å². The summed E-state index contributed by atoms with van der Waals surface area (Å²) in [6.07, 6.45) is -3.18. The van der Waals surface area contributed by atoms with Gasteiger partial charge < -0.3 is 5.32 Å². The summed E-state index contributed by atoms with van der Waals surface area (Å²) in [5.74, 6) is 0. The molecule has 11 heteroatoms. The highest BCUT2D eigenvalue weighted by Gasteiger charge is 2.38. The number of likely N-dealkylation sites (tertiary alicyclic amines) is 1. The minimum absolute atomic E-state index is 0.0199. The van der Waals surface area contributed by atoms with Gasteiger partial charge in [-0.25, -0.2) is 0 Å². The Bertz CT molecular complexity index is 646. The highest BCUT2D eigenvalue weighted by Crippen LogP contribution is 2.41. The molecule has 1 saturated heterocycles. The van der Waals surface area contributed by atoms with Crippen molar-refractivity contribution in [3.8, 4) is 0 Å². The fraction of sp³-hybridized carbons (Fsp3) is 0.571. The lowest BCUT2D eigenvalue weighted by Gasteiger charge is -2.23. The zero-order chi connectivity index (χ0) is 18.8. The van der Waals surface area contributed by atoms with E-state index in [1.54, 1.807) is 0 Å². The molecule has 0 unspecified atom stereocenters. The summed E-state index contributed by atoms with van der Waals surface area (Å²) >= 11 is 0. The van der Waals surface area contributed by atoms with Crippen molar-refractivity contribution in [1.82, 2.24) is 4.90 Å². The van der Waals surface area contributed by atoms with Crippen molar-refractivity contribution in [3.05, 3.63) is 37.9 Å². The maximum Gasteiger partial charge on any atom is 0.416 e. The Kier molecular flexibility index (Phi) is 5.45. The van der Waals surface area contributed by atoms with Crippen LogP contribution < -0.4 is 5.32 Å². The summed E-state index contributed by atoms with van der Waals surface area (Å²) in [6.45, 7) is 3.73. The quantitative estimate of drug-likeness (QED) is 0.615. The third-order valence-corrected chi connectivity index (χ3v) is 4.24. The molecule has 0 amide bonds. The topological polar surface area (TPSA) is 102 Å². The van der Waals surface area contributed by atoms with Gasteiger partial charge in [-0.05, 0) is 25.9 Å². The highest BCUT2D eigenvalue weighted by atomic mass is 19.4. The monoisotopic (exact) mass is 362 g/mol. The van der Waals surface area contributed by atoms with Crippen LogP contribution in [0, 0.1) is 20.2 Å². The van der Waals surface area contributed by atoms with Gasteiger partial charge in [0, 0.05) is 24.7 Å². The molecule has 1 fully saturated rings. The second-order valence-electron chi connectivity index (χ2n) is 5.71. The number of nitro benzene ring substituents is 2. The van der Waals surface area contributed by atoms with Crippen LogP contribution in [0.15, 0.2) is 12.1 Å². The highest BCUT2D eigenvalue weighted by molar-refractivity contribution is 5.75. The van der Waals surface area contributed by atoms with Crippen molar-refractivity contribution >= 4 is 17.1 Å². The third kappa shape index (κ3) is 4.16. The van der Waals surface area contributed by atoms with E-state index in [1.165, 1.54) is 0 Å². The van der Waals surface area contributed by atoms with E-state index in [9.17, 15) is 33.4 Å². The molecule has 0 aromatic heterocycles. The van der Waals surface area contributed by atoms with Crippen LogP contribution in [-0.4, -0.2) is 40.4 Å². The lowest BCUT2D eigenvalue weighted by Crippen LogP contribution is -2.34. The van der Waals surface area contributed by atoms with E-state index in [0.29, 0.717) is 12.1 Å². The molecule has 0 bridgehead atoms. The lowest BCUT2D eigenvalue weighted by atomic mass is 10.1. The summed E-state index contributed by atoms with van der Waals surface area (Å²) in [5.41, 5.74) is -3.83. The van der Waals surface area contributed by atoms with Crippen molar-refractivity contribution < 1.29 is 23.0 Å². The van der Waals surface area contributed by atoms with Crippen LogP contribution in [0.3, 0.4) is 0 Å². The second kappa shape index (κ2) is 7.21. The fourth-order valence-electron chi connectivity index (χ4n) is 3.01. The van der Waals surface area contributed by atoms with Crippen molar-refractivity contribution in [2.45, 2.75) is 32.0 Å². The average molecular weight is 362 g/mol. The van der Waals surface area contributed by atoms with Crippen LogP contribution in [-0.2, 0) is 6.18 Å². The van der Waals surface area contributed by atoms with Crippen molar-refractivity contribution in [2.75, 3.05) is 25.0 Å². The Balaban J connectivity index is 2.40. The molecule has 1 atom stereocenters. The molecular weight excluding hydrogens is 345 g/mol. The first-order valence-electron chi connectivity index (χ1n) is 7.67. The molecule has 1 aromatic rings. The molecule has 2 rings (SSSR count). The molecule has 1 heterocycles. The summed E-state index contributed by atoms with van der Waals surface area (Å²) < 4.78 is 38.6. The van der Waals surface area contributed by atoms with E-state index in [2.05, 4.69) is 10.2 Å². The molecule has 1 aliphatic heterocycles. The molecule has 8 nitrogen and oxygen atoms in total. The maximum absolute atomic E-state index is 12.9. The van der Waals surface area contributed by atoms with Crippen LogP contribution in [0.2, 0.25) is 0 Å². The zero-order valence-corrected chi connectivity index (χ0v) is 13.4. The number of nitro groups is 2. The van der Waals surface area contributed by atoms with Crippen LogP contribution >= 0.6 is 0 Å². The first-order chi connectivity index (χ1) is 11.6. The van der Waals surface area contributed by atoms with E-state index in [4.69, 9.17) is 0 Å². The number of nitrogens with zero attached hydrogens (tertiary/aromatic N) is 3. The predicted octanol–water partition coefficient (Wildman–Crippen LogP) is 3.42. The van der Waals surface area contributed by atoms with Gasteiger partial charge in [0.25, 0.3) is 11.4 Å². The number of nitrogens with one attached hydrogen (secondary N) is 1. The van der Waals surface area contributed by atoms with Gasteiger partial charge in [-0.1, -0.05) is 6.92 Å². The Morgan fingerprint density at radius 2 is 1.80 bits per heavy atom. The van der Waals surface area contributed by atoms with Gasteiger partial charge in [0.15, 0.2) is 5.69 Å². The van der Waals surface area contributed by atoms with E-state index in [0.717, 1.165) is 25.9 Å². The number of hydrogen-bond donors (Lipinski definition) is 1. The van der Waals surface area contributed by atoms with Gasteiger partial charge in [0.1, 0.15) is 0 Å². The number of anilines is 1. The number of rotatable bonds is 6. The van der Waals surface area contributed by atoms with E-state index in [-0.39, 0.29) is 12.6 Å². The standard InChI is InChI=1S/C14H17F3N4O4/c1-2-19-5-3-4-10(19)8-18-13-11(20(22)23)6-9(14(15,16)17)7-12(13)21(24)25/h6-7,10,18H,2-5,8H2,1H3/t10-/m1/s1. The third-order valence-electron chi connectivity index (χ3n) is 4.24. The summed E-state index contributed by atoms with van der Waals surface area (Å²) in [5, 5.41) is 25.0. The van der Waals surface area contributed by atoms with Gasteiger partial charge in [0.2, 0.25) is 0 Å². The number of benzene rings is 1. The molecule has 0 saturated carbocycles. The molecule has 0 radical (unpaired) electrons. The van der Waals surface area contributed by atoms with Gasteiger partial charge in [-0.15, -0.1) is 0 Å². The molecule has 0 spiro atoms. The SMILES string of the molecule is CCN1CCC[C@@H]1CNc1c([N+](=O)[O-])cc(C(F)(F)F)cc1[N+](=O)[O-]. The van der Waals surface area contributed by atoms with E-state index in [1.807, 2.05) is 6.92 Å². The minimum atomic E-state index is -4.92. The molecule has 0 aliphatic carbocycles. The summed E-state index contributed by atoms with van der Waals surface area (Å²) in [7, 11) is 0. The zero-order valence-electron chi connectivity index (χ0n) is 13.4. The predicted molar refractivity (Wildman–Crippen MR) is 83.5 cm³/mol. The minimum Gasteiger partial charge on any atom is -0.372 e. The number of alkyl halides is 3. The largest absolute Gasteiger partial charge is 0.416 e. The molecule has 1 aromatic carbocycles. The van der Waals surface area contributed by atoms with Crippen LogP contribution in [0.5, 0.6) is 0 Å². The van der Waals surface area contributed by atoms with Gasteiger partial charge in [0.05, 0.1) is 15.4 Å². The Morgan fingerprint density at radius 3 is 2.24 bits per heavy atom. The normalized spacial score (nSPS) is 18.3. The average Bonchev–Trinajstić information content (AvgIpc) is 2.98. The van der Waals surface area contributed by atoms with E-state index < -0.39 is 38.6 Å².